The summed E-state index contributed by atoms with van der Waals surface area (Å²) in [6.45, 7) is 1.68. The fourth-order valence-electron chi connectivity index (χ4n) is 3.97. The van der Waals surface area contributed by atoms with Crippen molar-refractivity contribution in [3.05, 3.63) is 59.7 Å². The molecule has 4 rings (SSSR count). The van der Waals surface area contributed by atoms with Crippen LogP contribution in [0.25, 0.3) is 0 Å². The molecule has 4 N–H and O–H groups in total. The monoisotopic (exact) mass is 456 g/mol. The average Bonchev–Trinajstić information content (AvgIpc) is 3.50. The number of nitrogens with zero attached hydrogens (tertiary/aromatic N) is 1. The number of likely N-dealkylation sites (tertiary alicyclic amines) is 1. The van der Waals surface area contributed by atoms with Crippen LogP contribution in [-0.2, 0) is 21.4 Å². The molecule has 8 nitrogen and oxygen atoms in total. The van der Waals surface area contributed by atoms with Crippen molar-refractivity contribution < 1.29 is 18.0 Å². The summed E-state index contributed by atoms with van der Waals surface area (Å²) >= 11 is 0. The second kappa shape index (κ2) is 9.40. The Morgan fingerprint density at radius 2 is 1.84 bits per heavy atom. The molecule has 2 fully saturated rings. The fourth-order valence-corrected chi connectivity index (χ4v) is 5.13. The van der Waals surface area contributed by atoms with E-state index >= 15 is 0 Å². The number of amides is 2. The highest BCUT2D eigenvalue weighted by Crippen LogP contribution is 2.28. The largest absolute Gasteiger partial charge is 0.368 e. The van der Waals surface area contributed by atoms with Gasteiger partial charge in [0.25, 0.3) is 5.91 Å². The van der Waals surface area contributed by atoms with Crippen molar-refractivity contribution in [1.82, 2.24) is 9.62 Å². The zero-order valence-corrected chi connectivity index (χ0v) is 18.6. The molecule has 2 aromatic rings. The molecule has 0 radical (unpaired) electrons. The third-order valence-electron chi connectivity index (χ3n) is 6.00. The Kier molecular flexibility index (Phi) is 6.59. The van der Waals surface area contributed by atoms with Crippen molar-refractivity contribution in [2.45, 2.75) is 43.2 Å². The van der Waals surface area contributed by atoms with E-state index in [0.29, 0.717) is 24.7 Å². The summed E-state index contributed by atoms with van der Waals surface area (Å²) in [7, 11) is -3.66. The van der Waals surface area contributed by atoms with Gasteiger partial charge in [0.2, 0.25) is 15.9 Å². The molecule has 0 bridgehead atoms. The Labute approximate surface area is 188 Å². The van der Waals surface area contributed by atoms with E-state index in [2.05, 4.69) is 10.0 Å². The summed E-state index contributed by atoms with van der Waals surface area (Å²) in [6, 6.07) is 13.1. The number of benzene rings is 2. The van der Waals surface area contributed by atoms with E-state index in [0.717, 1.165) is 37.8 Å². The van der Waals surface area contributed by atoms with E-state index in [-0.39, 0.29) is 22.4 Å². The maximum atomic E-state index is 12.9. The van der Waals surface area contributed by atoms with Crippen LogP contribution in [-0.4, -0.2) is 44.3 Å². The third kappa shape index (κ3) is 5.35. The van der Waals surface area contributed by atoms with Crippen molar-refractivity contribution in [2.24, 2.45) is 11.7 Å². The first-order valence-electron chi connectivity index (χ1n) is 10.9. The molecule has 1 aliphatic carbocycles. The summed E-state index contributed by atoms with van der Waals surface area (Å²) in [5, 5.41) is 2.89. The van der Waals surface area contributed by atoms with E-state index in [1.54, 1.807) is 18.2 Å². The number of hydrogen-bond acceptors (Lipinski definition) is 5. The van der Waals surface area contributed by atoms with Gasteiger partial charge in [0.15, 0.2) is 0 Å². The smallest absolute Gasteiger partial charge is 0.255 e. The lowest BCUT2D eigenvalue weighted by atomic mass is 10.1. The molecule has 1 saturated heterocycles. The number of rotatable bonds is 9. The van der Waals surface area contributed by atoms with Gasteiger partial charge in [0, 0.05) is 24.3 Å². The molecule has 0 spiro atoms. The fraction of sp³-hybridized carbons (Fsp3) is 0.391. The van der Waals surface area contributed by atoms with Crippen LogP contribution in [0, 0.1) is 5.92 Å². The molecular weight excluding hydrogens is 428 g/mol. The zero-order valence-electron chi connectivity index (χ0n) is 17.8. The molecule has 1 saturated carbocycles. The summed E-state index contributed by atoms with van der Waals surface area (Å²) in [5.74, 6) is -0.320. The van der Waals surface area contributed by atoms with Crippen LogP contribution in [0.1, 0.15) is 41.6 Å². The Balaban J connectivity index is 1.48. The normalized spacial score (nSPS) is 19.1. The van der Waals surface area contributed by atoms with Crippen LogP contribution in [0.5, 0.6) is 0 Å². The van der Waals surface area contributed by atoms with Gasteiger partial charge >= 0.3 is 0 Å². The van der Waals surface area contributed by atoms with Gasteiger partial charge in [0.1, 0.15) is 0 Å². The Morgan fingerprint density at radius 1 is 1.06 bits per heavy atom. The minimum absolute atomic E-state index is 0.0699. The van der Waals surface area contributed by atoms with Crippen LogP contribution in [0.2, 0.25) is 0 Å². The van der Waals surface area contributed by atoms with Gasteiger partial charge in [-0.15, -0.1) is 0 Å². The predicted octanol–water partition coefficient (Wildman–Crippen LogP) is 2.08. The molecule has 1 aliphatic heterocycles. The Morgan fingerprint density at radius 3 is 2.59 bits per heavy atom. The maximum absolute atomic E-state index is 12.9. The minimum Gasteiger partial charge on any atom is -0.368 e. The SMILES string of the molecule is NC(=O)C1CCCN1Cc1ccccc1NC(=O)c1cccc(S(=O)(=O)NCC2CC2)c1. The van der Waals surface area contributed by atoms with Gasteiger partial charge in [-0.2, -0.15) is 0 Å². The Hall–Kier alpha value is -2.75. The van der Waals surface area contributed by atoms with Crippen LogP contribution in [0.15, 0.2) is 53.4 Å². The summed E-state index contributed by atoms with van der Waals surface area (Å²) < 4.78 is 27.7. The number of hydrogen-bond donors (Lipinski definition) is 3. The van der Waals surface area contributed by atoms with Crippen LogP contribution in [0.4, 0.5) is 5.69 Å². The maximum Gasteiger partial charge on any atom is 0.255 e. The molecule has 2 aromatic carbocycles. The van der Waals surface area contributed by atoms with Crippen molar-refractivity contribution in [3.63, 3.8) is 0 Å². The number of carbonyl (C=O) groups excluding carboxylic acids is 2. The van der Waals surface area contributed by atoms with Gasteiger partial charge in [-0.25, -0.2) is 13.1 Å². The highest BCUT2D eigenvalue weighted by Gasteiger charge is 2.29. The molecule has 0 aromatic heterocycles. The van der Waals surface area contributed by atoms with Crippen LogP contribution >= 0.6 is 0 Å². The van der Waals surface area contributed by atoms with Gasteiger partial charge in [0.05, 0.1) is 10.9 Å². The van der Waals surface area contributed by atoms with Crippen molar-refractivity contribution in [2.75, 3.05) is 18.4 Å². The van der Waals surface area contributed by atoms with Crippen molar-refractivity contribution in [3.8, 4) is 0 Å². The van der Waals surface area contributed by atoms with Crippen LogP contribution in [0.3, 0.4) is 0 Å². The van der Waals surface area contributed by atoms with E-state index in [9.17, 15) is 18.0 Å². The first-order chi connectivity index (χ1) is 15.3. The number of sulfonamides is 1. The van der Waals surface area contributed by atoms with Gasteiger partial charge in [-0.3, -0.25) is 14.5 Å². The molecule has 2 amide bonds. The second-order valence-corrected chi connectivity index (χ2v) is 10.2. The number of nitrogens with one attached hydrogen (secondary N) is 2. The third-order valence-corrected chi connectivity index (χ3v) is 7.42. The lowest BCUT2D eigenvalue weighted by molar-refractivity contribution is -0.122. The standard InChI is InChI=1S/C23H28N4O4S/c24-22(28)21-9-4-12-27(21)15-18-5-1-2-8-20(18)26-23(29)17-6-3-7-19(13-17)32(30,31)25-14-16-10-11-16/h1-3,5-8,13,16,21,25H,4,9-12,14-15H2,(H2,24,28)(H,26,29). The molecule has 1 atom stereocenters. The molecule has 170 valence electrons. The first kappa shape index (κ1) is 22.4. The lowest BCUT2D eigenvalue weighted by Gasteiger charge is -2.23. The van der Waals surface area contributed by atoms with Crippen molar-refractivity contribution in [1.29, 1.82) is 0 Å². The summed E-state index contributed by atoms with van der Waals surface area (Å²) in [6.07, 6.45) is 3.72. The Bertz CT molecular complexity index is 1110. The number of nitrogens with two attached hydrogens (primary N) is 1. The summed E-state index contributed by atoms with van der Waals surface area (Å²) in [5.41, 5.74) is 7.26. The molecule has 2 aliphatic rings. The number of para-hydroxylation sites is 1. The average molecular weight is 457 g/mol. The highest BCUT2D eigenvalue weighted by atomic mass is 32.2. The zero-order chi connectivity index (χ0) is 22.7. The van der Waals surface area contributed by atoms with Gasteiger partial charge < -0.3 is 11.1 Å². The van der Waals surface area contributed by atoms with Gasteiger partial charge in [-0.1, -0.05) is 24.3 Å². The number of primary amides is 1. The topological polar surface area (TPSA) is 122 Å². The molecular formula is C23H28N4O4S. The molecule has 32 heavy (non-hydrogen) atoms. The summed E-state index contributed by atoms with van der Waals surface area (Å²) in [4.78, 5) is 26.7. The number of anilines is 1. The molecule has 1 heterocycles. The minimum atomic E-state index is -3.66. The van der Waals surface area contributed by atoms with Gasteiger partial charge in [-0.05, 0) is 68.0 Å². The van der Waals surface area contributed by atoms with Crippen LogP contribution < -0.4 is 15.8 Å². The first-order valence-corrected chi connectivity index (χ1v) is 12.3. The quantitative estimate of drug-likeness (QED) is 0.533. The number of carbonyl (C=O) groups is 2. The van der Waals surface area contributed by atoms with E-state index in [4.69, 9.17) is 5.73 Å². The van der Waals surface area contributed by atoms with E-state index in [1.807, 2.05) is 23.1 Å². The predicted molar refractivity (Wildman–Crippen MR) is 121 cm³/mol. The lowest BCUT2D eigenvalue weighted by Crippen LogP contribution is -2.39. The molecule has 9 heteroatoms. The van der Waals surface area contributed by atoms with E-state index in [1.165, 1.54) is 12.1 Å². The van der Waals surface area contributed by atoms with Crippen molar-refractivity contribution >= 4 is 27.5 Å². The second-order valence-electron chi connectivity index (χ2n) is 8.47. The molecule has 1 unspecified atom stereocenters. The van der Waals surface area contributed by atoms with E-state index < -0.39 is 15.9 Å². The highest BCUT2D eigenvalue weighted by molar-refractivity contribution is 7.89.